The summed E-state index contributed by atoms with van der Waals surface area (Å²) in [5.41, 5.74) is 8.12. The Labute approximate surface area is 130 Å². The van der Waals surface area contributed by atoms with E-state index in [2.05, 4.69) is 33.0 Å². The van der Waals surface area contributed by atoms with Crippen LogP contribution in [0.25, 0.3) is 10.9 Å². The van der Waals surface area contributed by atoms with Crippen LogP contribution in [-0.4, -0.2) is 16.0 Å². The molecule has 0 radical (unpaired) electrons. The van der Waals surface area contributed by atoms with Crippen LogP contribution >= 0.6 is 12.2 Å². The first-order valence-corrected chi connectivity index (χ1v) is 7.62. The van der Waals surface area contributed by atoms with Gasteiger partial charge in [-0.15, -0.1) is 0 Å². The maximum Gasteiger partial charge on any atom is 0.137 e. The molecule has 21 heavy (non-hydrogen) atoms. The number of benzene rings is 1. The molecule has 1 aliphatic rings. The minimum atomic E-state index is 0.230. The van der Waals surface area contributed by atoms with Gasteiger partial charge in [-0.3, -0.25) is 0 Å². The monoisotopic (exact) mass is 299 g/mol. The smallest absolute Gasteiger partial charge is 0.137 e. The zero-order chi connectivity index (χ0) is 15.4. The van der Waals surface area contributed by atoms with Crippen molar-refractivity contribution in [3.63, 3.8) is 0 Å². The topological polar surface area (TPSA) is 50.9 Å². The number of nitrogens with two attached hydrogens (primary N) is 1. The van der Waals surface area contributed by atoms with Crippen molar-refractivity contribution in [1.82, 2.24) is 4.98 Å². The van der Waals surface area contributed by atoms with E-state index in [0.717, 1.165) is 22.3 Å². The van der Waals surface area contributed by atoms with Crippen LogP contribution in [0.4, 0.5) is 5.82 Å². The van der Waals surface area contributed by atoms with Gasteiger partial charge in [0.15, 0.2) is 0 Å². The van der Waals surface area contributed by atoms with Crippen molar-refractivity contribution in [2.24, 2.45) is 16.6 Å². The van der Waals surface area contributed by atoms with E-state index in [-0.39, 0.29) is 10.8 Å². The zero-order valence-electron chi connectivity index (χ0n) is 12.9. The lowest BCUT2D eigenvalue weighted by atomic mass is 10.0. The van der Waals surface area contributed by atoms with Crippen molar-refractivity contribution in [2.75, 3.05) is 5.32 Å². The third kappa shape index (κ3) is 2.09. The van der Waals surface area contributed by atoms with Crippen LogP contribution in [0.2, 0.25) is 0 Å². The van der Waals surface area contributed by atoms with Gasteiger partial charge in [0.2, 0.25) is 0 Å². The first kappa shape index (κ1) is 14.3. The summed E-state index contributed by atoms with van der Waals surface area (Å²) in [4.78, 5) is 5.11. The average molecular weight is 299 g/mol. The maximum absolute atomic E-state index is 5.89. The predicted molar refractivity (Wildman–Crippen MR) is 92.6 cm³/mol. The number of nitrogens with zero attached hydrogens (tertiary/aromatic N) is 1. The maximum atomic E-state index is 5.89. The molecular weight excluding hydrogens is 278 g/mol. The van der Waals surface area contributed by atoms with E-state index in [0.29, 0.717) is 11.0 Å². The first-order valence-electron chi connectivity index (χ1n) is 7.21. The average Bonchev–Trinajstić information content (AvgIpc) is 2.80. The molecule has 0 atom stereocenters. The molecule has 0 unspecified atom stereocenters. The first-order chi connectivity index (χ1) is 9.75. The molecular formula is C17H21N3S. The van der Waals surface area contributed by atoms with E-state index in [1.165, 1.54) is 0 Å². The number of rotatable bonds is 3. The summed E-state index contributed by atoms with van der Waals surface area (Å²) >= 11 is 5.20. The molecule has 1 aromatic carbocycles. The van der Waals surface area contributed by atoms with Crippen LogP contribution in [0.3, 0.4) is 0 Å². The molecule has 1 heterocycles. The fourth-order valence-corrected chi connectivity index (χ4v) is 3.26. The van der Waals surface area contributed by atoms with E-state index in [1.807, 2.05) is 30.3 Å². The van der Waals surface area contributed by atoms with Gasteiger partial charge in [-0.05, 0) is 23.0 Å². The lowest BCUT2D eigenvalue weighted by molar-refractivity contribution is 0.457. The van der Waals surface area contributed by atoms with Crippen LogP contribution in [0.5, 0.6) is 0 Å². The van der Waals surface area contributed by atoms with Gasteiger partial charge < -0.3 is 11.1 Å². The number of thiocarbonyl (C=S) groups is 1. The summed E-state index contributed by atoms with van der Waals surface area (Å²) in [6, 6.07) is 10.4. The number of hydrogen-bond donors (Lipinski definition) is 2. The minimum absolute atomic E-state index is 0.230. The molecule has 1 fully saturated rings. The molecule has 3 nitrogen and oxygen atoms in total. The van der Waals surface area contributed by atoms with Gasteiger partial charge in [-0.25, -0.2) is 4.98 Å². The summed E-state index contributed by atoms with van der Waals surface area (Å²) in [6.45, 7) is 9.08. The lowest BCUT2D eigenvalue weighted by Crippen LogP contribution is -2.18. The van der Waals surface area contributed by atoms with Crippen molar-refractivity contribution < 1.29 is 0 Å². The van der Waals surface area contributed by atoms with Gasteiger partial charge in [0.1, 0.15) is 10.8 Å². The molecule has 110 valence electrons. The SMILES string of the molecule is CC1(C)C(Nc2nc3ccccc3cc2C(N)=S)C1(C)C. The molecule has 1 aliphatic carbocycles. The molecule has 0 amide bonds. The van der Waals surface area contributed by atoms with Gasteiger partial charge in [0.05, 0.1) is 11.1 Å². The van der Waals surface area contributed by atoms with E-state index >= 15 is 0 Å². The standard InChI is InChI=1S/C17H21N3S/c1-16(2)15(17(16,3)4)20-14-11(13(18)21)9-10-7-5-6-8-12(10)19-14/h5-9,15H,1-4H3,(H2,18,21)(H,19,20). The molecule has 3 N–H and O–H groups in total. The normalized spacial score (nSPS) is 19.4. The molecule has 4 heteroatoms. The Morgan fingerprint density at radius 2 is 1.81 bits per heavy atom. The molecule has 0 saturated heterocycles. The Morgan fingerprint density at radius 3 is 2.38 bits per heavy atom. The molecule has 1 aromatic heterocycles. The predicted octanol–water partition coefficient (Wildman–Crippen LogP) is 3.72. The third-order valence-corrected chi connectivity index (χ3v) is 5.51. The highest BCUT2D eigenvalue weighted by Crippen LogP contribution is 2.63. The van der Waals surface area contributed by atoms with Crippen LogP contribution in [0, 0.1) is 10.8 Å². The van der Waals surface area contributed by atoms with Gasteiger partial charge >= 0.3 is 0 Å². The number of nitrogens with one attached hydrogen (secondary N) is 1. The number of hydrogen-bond acceptors (Lipinski definition) is 3. The van der Waals surface area contributed by atoms with E-state index < -0.39 is 0 Å². The zero-order valence-corrected chi connectivity index (χ0v) is 13.7. The van der Waals surface area contributed by atoms with Gasteiger partial charge in [-0.2, -0.15) is 0 Å². The minimum Gasteiger partial charge on any atom is -0.389 e. The summed E-state index contributed by atoms with van der Waals surface area (Å²) in [5.74, 6) is 0.796. The number of fused-ring (bicyclic) bond motifs is 1. The molecule has 0 aliphatic heterocycles. The Kier molecular flexibility index (Phi) is 2.99. The summed E-state index contributed by atoms with van der Waals surface area (Å²) in [7, 11) is 0. The third-order valence-electron chi connectivity index (χ3n) is 5.29. The Bertz CT molecular complexity index is 720. The molecule has 0 bridgehead atoms. The van der Waals surface area contributed by atoms with Crippen molar-refractivity contribution in [1.29, 1.82) is 0 Å². The summed E-state index contributed by atoms with van der Waals surface area (Å²) < 4.78 is 0. The van der Waals surface area contributed by atoms with Crippen LogP contribution < -0.4 is 11.1 Å². The molecule has 0 spiro atoms. The van der Waals surface area contributed by atoms with Crippen LogP contribution in [-0.2, 0) is 0 Å². The second-order valence-electron chi connectivity index (χ2n) is 6.96. The fourth-order valence-electron chi connectivity index (χ4n) is 3.11. The van der Waals surface area contributed by atoms with Crippen molar-refractivity contribution in [3.05, 3.63) is 35.9 Å². The second-order valence-corrected chi connectivity index (χ2v) is 7.40. The number of aromatic nitrogens is 1. The van der Waals surface area contributed by atoms with Crippen molar-refractivity contribution in [3.8, 4) is 0 Å². The largest absolute Gasteiger partial charge is 0.389 e. The van der Waals surface area contributed by atoms with E-state index in [1.54, 1.807) is 0 Å². The van der Waals surface area contributed by atoms with Crippen LogP contribution in [0.1, 0.15) is 33.3 Å². The Hall–Kier alpha value is -1.68. The number of pyridine rings is 1. The summed E-state index contributed by atoms with van der Waals surface area (Å²) in [6.07, 6.45) is 0. The Balaban J connectivity index is 2.05. The van der Waals surface area contributed by atoms with Crippen LogP contribution in [0.15, 0.2) is 30.3 Å². The van der Waals surface area contributed by atoms with Gasteiger partial charge in [0.25, 0.3) is 0 Å². The number of para-hydroxylation sites is 1. The molecule has 1 saturated carbocycles. The van der Waals surface area contributed by atoms with Crippen molar-refractivity contribution >= 4 is 33.9 Å². The highest BCUT2D eigenvalue weighted by molar-refractivity contribution is 7.80. The van der Waals surface area contributed by atoms with Crippen molar-refractivity contribution in [2.45, 2.75) is 33.7 Å². The second kappa shape index (κ2) is 4.41. The van der Waals surface area contributed by atoms with Gasteiger partial charge in [0, 0.05) is 11.4 Å². The number of anilines is 1. The quantitative estimate of drug-likeness (QED) is 0.848. The Morgan fingerprint density at radius 1 is 1.19 bits per heavy atom. The highest BCUT2D eigenvalue weighted by atomic mass is 32.1. The van der Waals surface area contributed by atoms with E-state index in [9.17, 15) is 0 Å². The lowest BCUT2D eigenvalue weighted by Gasteiger charge is -2.13. The summed E-state index contributed by atoms with van der Waals surface area (Å²) in [5, 5.41) is 4.62. The van der Waals surface area contributed by atoms with E-state index in [4.69, 9.17) is 22.9 Å². The highest BCUT2D eigenvalue weighted by Gasteiger charge is 2.65. The molecule has 3 rings (SSSR count). The molecule has 2 aromatic rings. The fraction of sp³-hybridized carbons (Fsp3) is 0.412. The van der Waals surface area contributed by atoms with Gasteiger partial charge in [-0.1, -0.05) is 58.1 Å².